The molecule has 0 aliphatic heterocycles. The van der Waals surface area contributed by atoms with Gasteiger partial charge in [-0.1, -0.05) is 44.0 Å². The Balaban J connectivity index is 2.65. The molecule has 4 heteroatoms. The van der Waals surface area contributed by atoms with Gasteiger partial charge in [0.2, 0.25) is 0 Å². The van der Waals surface area contributed by atoms with E-state index in [0.29, 0.717) is 21.8 Å². The smallest absolute Gasteiger partial charge is 0.0991 e. The van der Waals surface area contributed by atoms with E-state index in [1.807, 2.05) is 36.4 Å². The summed E-state index contributed by atoms with van der Waals surface area (Å²) in [6, 6.07) is 15.6. The molecular formula is C16H10Br2N2. The molecule has 0 saturated carbocycles. The predicted molar refractivity (Wildman–Crippen MR) is 86.6 cm³/mol. The lowest BCUT2D eigenvalue weighted by atomic mass is 9.93. The van der Waals surface area contributed by atoms with E-state index >= 15 is 0 Å². The van der Waals surface area contributed by atoms with Gasteiger partial charge >= 0.3 is 0 Å². The molecule has 0 radical (unpaired) electrons. The highest BCUT2D eigenvalue weighted by Crippen LogP contribution is 2.32. The molecule has 2 aromatic rings. The van der Waals surface area contributed by atoms with Gasteiger partial charge in [-0.3, -0.25) is 0 Å². The van der Waals surface area contributed by atoms with Crippen LogP contribution in [-0.4, -0.2) is 0 Å². The Kier molecular flexibility index (Phi) is 4.95. The number of rotatable bonds is 3. The largest absolute Gasteiger partial charge is 0.192 e. The van der Waals surface area contributed by atoms with Crippen LogP contribution in [0.3, 0.4) is 0 Å². The Morgan fingerprint density at radius 2 is 1.30 bits per heavy atom. The van der Waals surface area contributed by atoms with Gasteiger partial charge in [0.05, 0.1) is 23.3 Å². The molecule has 0 amide bonds. The summed E-state index contributed by atoms with van der Waals surface area (Å²) in [5, 5.41) is 19.3. The molecule has 0 spiro atoms. The van der Waals surface area contributed by atoms with E-state index in [4.69, 9.17) is 10.5 Å². The van der Waals surface area contributed by atoms with Gasteiger partial charge in [-0.15, -0.1) is 0 Å². The lowest BCUT2D eigenvalue weighted by Crippen LogP contribution is -1.95. The molecule has 2 rings (SSSR count). The molecule has 0 aliphatic carbocycles. The van der Waals surface area contributed by atoms with Gasteiger partial charge in [0, 0.05) is 10.7 Å². The summed E-state index contributed by atoms with van der Waals surface area (Å²) in [6.45, 7) is 0. The third kappa shape index (κ3) is 2.93. The standard InChI is InChI=1S/C16H10Br2N2/c17-7-14-5-12(10-20)6-15(8-18)16(14)13-3-1-11(9-19)2-4-13/h1-6H,7-8H2. The lowest BCUT2D eigenvalue weighted by Gasteiger charge is -2.13. The van der Waals surface area contributed by atoms with E-state index in [-0.39, 0.29) is 0 Å². The quantitative estimate of drug-likeness (QED) is 0.701. The van der Waals surface area contributed by atoms with Crippen molar-refractivity contribution in [3.8, 4) is 23.3 Å². The number of halogens is 2. The highest BCUT2D eigenvalue weighted by molar-refractivity contribution is 9.08. The molecular weight excluding hydrogens is 380 g/mol. The van der Waals surface area contributed by atoms with Crippen molar-refractivity contribution in [3.63, 3.8) is 0 Å². The van der Waals surface area contributed by atoms with Crippen LogP contribution in [0.1, 0.15) is 22.3 Å². The van der Waals surface area contributed by atoms with Crippen LogP contribution in [0.4, 0.5) is 0 Å². The third-order valence-electron chi connectivity index (χ3n) is 3.02. The Hall–Kier alpha value is -1.62. The molecule has 0 unspecified atom stereocenters. The van der Waals surface area contributed by atoms with Crippen molar-refractivity contribution in [2.75, 3.05) is 0 Å². The van der Waals surface area contributed by atoms with Crippen molar-refractivity contribution in [3.05, 3.63) is 58.7 Å². The van der Waals surface area contributed by atoms with Gasteiger partial charge in [-0.25, -0.2) is 0 Å². The Labute approximate surface area is 134 Å². The average Bonchev–Trinajstić information content (AvgIpc) is 2.53. The second kappa shape index (κ2) is 6.70. The number of benzene rings is 2. The predicted octanol–water partition coefficient (Wildman–Crippen LogP) is 4.89. The maximum Gasteiger partial charge on any atom is 0.0991 e. The highest BCUT2D eigenvalue weighted by atomic mass is 79.9. The summed E-state index contributed by atoms with van der Waals surface area (Å²) in [4.78, 5) is 0. The number of hydrogen-bond donors (Lipinski definition) is 0. The van der Waals surface area contributed by atoms with E-state index in [1.54, 1.807) is 0 Å². The highest BCUT2D eigenvalue weighted by Gasteiger charge is 2.12. The van der Waals surface area contributed by atoms with E-state index < -0.39 is 0 Å². The zero-order valence-electron chi connectivity index (χ0n) is 10.5. The molecule has 0 aliphatic rings. The first-order valence-electron chi connectivity index (χ1n) is 5.91. The number of hydrogen-bond acceptors (Lipinski definition) is 2. The van der Waals surface area contributed by atoms with Gasteiger partial charge in [0.25, 0.3) is 0 Å². The SMILES string of the molecule is N#Cc1ccc(-c2c(CBr)cc(C#N)cc2CBr)cc1. The summed E-state index contributed by atoms with van der Waals surface area (Å²) in [7, 11) is 0. The minimum Gasteiger partial charge on any atom is -0.192 e. The maximum atomic E-state index is 9.09. The van der Waals surface area contributed by atoms with Crippen LogP contribution in [0.25, 0.3) is 11.1 Å². The summed E-state index contributed by atoms with van der Waals surface area (Å²) in [5.41, 5.74) is 5.61. The first kappa shape index (κ1) is 14.8. The van der Waals surface area contributed by atoms with E-state index in [2.05, 4.69) is 44.0 Å². The Bertz CT molecular complexity index is 682. The molecule has 2 aromatic carbocycles. The zero-order chi connectivity index (χ0) is 14.5. The first-order chi connectivity index (χ1) is 9.73. The van der Waals surface area contributed by atoms with Crippen LogP contribution in [0, 0.1) is 22.7 Å². The van der Waals surface area contributed by atoms with E-state index in [1.165, 1.54) is 0 Å². The minimum atomic E-state index is 0.642. The van der Waals surface area contributed by atoms with Gasteiger partial charge in [0.1, 0.15) is 0 Å². The number of alkyl halides is 2. The van der Waals surface area contributed by atoms with Crippen LogP contribution < -0.4 is 0 Å². The molecule has 0 bridgehead atoms. The monoisotopic (exact) mass is 388 g/mol. The Morgan fingerprint density at radius 3 is 1.70 bits per heavy atom. The lowest BCUT2D eigenvalue weighted by molar-refractivity contribution is 1.32. The molecule has 98 valence electrons. The molecule has 0 heterocycles. The fraction of sp³-hybridized carbons (Fsp3) is 0.125. The van der Waals surface area contributed by atoms with Crippen LogP contribution >= 0.6 is 31.9 Å². The van der Waals surface area contributed by atoms with Crippen molar-refractivity contribution in [1.29, 1.82) is 10.5 Å². The van der Waals surface area contributed by atoms with Gasteiger partial charge in [-0.2, -0.15) is 10.5 Å². The maximum absolute atomic E-state index is 9.09. The average molecular weight is 390 g/mol. The number of nitriles is 2. The topological polar surface area (TPSA) is 47.6 Å². The van der Waals surface area contributed by atoms with Gasteiger partial charge in [0.15, 0.2) is 0 Å². The van der Waals surface area contributed by atoms with Crippen LogP contribution in [-0.2, 0) is 10.7 Å². The molecule has 0 N–H and O–H groups in total. The molecule has 2 nitrogen and oxygen atoms in total. The summed E-state index contributed by atoms with van der Waals surface area (Å²) >= 11 is 6.97. The second-order valence-electron chi connectivity index (χ2n) is 4.24. The molecule has 0 saturated heterocycles. The second-order valence-corrected chi connectivity index (χ2v) is 5.36. The fourth-order valence-corrected chi connectivity index (χ4v) is 3.01. The Morgan fingerprint density at radius 1 is 0.800 bits per heavy atom. The van der Waals surface area contributed by atoms with Gasteiger partial charge < -0.3 is 0 Å². The fourth-order valence-electron chi connectivity index (χ4n) is 2.13. The van der Waals surface area contributed by atoms with Crippen molar-refractivity contribution < 1.29 is 0 Å². The van der Waals surface area contributed by atoms with Crippen LogP contribution in [0.15, 0.2) is 36.4 Å². The van der Waals surface area contributed by atoms with Crippen molar-refractivity contribution >= 4 is 31.9 Å². The third-order valence-corrected chi connectivity index (χ3v) is 4.23. The zero-order valence-corrected chi connectivity index (χ0v) is 13.7. The summed E-state index contributed by atoms with van der Waals surface area (Å²) in [6.07, 6.45) is 0. The van der Waals surface area contributed by atoms with Crippen molar-refractivity contribution in [1.82, 2.24) is 0 Å². The first-order valence-corrected chi connectivity index (χ1v) is 8.16. The van der Waals surface area contributed by atoms with Crippen LogP contribution in [0.5, 0.6) is 0 Å². The molecule has 20 heavy (non-hydrogen) atoms. The van der Waals surface area contributed by atoms with Crippen LogP contribution in [0.2, 0.25) is 0 Å². The van der Waals surface area contributed by atoms with Crippen molar-refractivity contribution in [2.24, 2.45) is 0 Å². The molecule has 0 atom stereocenters. The number of nitrogens with zero attached hydrogens (tertiary/aromatic N) is 2. The minimum absolute atomic E-state index is 0.642. The molecule has 0 fully saturated rings. The molecule has 0 aromatic heterocycles. The van der Waals surface area contributed by atoms with E-state index in [9.17, 15) is 0 Å². The van der Waals surface area contributed by atoms with Crippen molar-refractivity contribution in [2.45, 2.75) is 10.7 Å². The van der Waals surface area contributed by atoms with Gasteiger partial charge in [-0.05, 0) is 46.5 Å². The van der Waals surface area contributed by atoms with E-state index in [0.717, 1.165) is 22.3 Å². The normalized spacial score (nSPS) is 9.80. The summed E-state index contributed by atoms with van der Waals surface area (Å²) in [5.74, 6) is 0. The summed E-state index contributed by atoms with van der Waals surface area (Å²) < 4.78 is 0.